The van der Waals surface area contributed by atoms with Crippen LogP contribution in [0.15, 0.2) is 66.7 Å². The van der Waals surface area contributed by atoms with Crippen LogP contribution in [0.2, 0.25) is 0 Å². The number of benzene rings is 3. The Morgan fingerprint density at radius 2 is 1.76 bits per heavy atom. The molecule has 5 amide bonds. The summed E-state index contributed by atoms with van der Waals surface area (Å²) in [6, 6.07) is 19.6. The number of amides is 5. The SMILES string of the molecule is CC1(c2ccc3ccccc3c2)NC(=O)N(CC(=O)NCCc2cccc(C(N)=O)c2)C1=O. The van der Waals surface area contributed by atoms with Crippen LogP contribution in [0.3, 0.4) is 0 Å². The Kier molecular flexibility index (Phi) is 5.83. The van der Waals surface area contributed by atoms with Gasteiger partial charge in [0.15, 0.2) is 0 Å². The molecule has 1 atom stereocenters. The molecule has 0 aromatic heterocycles. The minimum Gasteiger partial charge on any atom is -0.366 e. The first-order valence-electron chi connectivity index (χ1n) is 10.6. The maximum Gasteiger partial charge on any atom is 0.325 e. The molecule has 1 saturated heterocycles. The van der Waals surface area contributed by atoms with Crippen molar-refractivity contribution < 1.29 is 19.2 Å². The Balaban J connectivity index is 1.39. The zero-order valence-corrected chi connectivity index (χ0v) is 18.1. The average molecular weight is 444 g/mol. The number of primary amides is 1. The van der Waals surface area contributed by atoms with Crippen molar-refractivity contribution >= 4 is 34.5 Å². The van der Waals surface area contributed by atoms with Crippen LogP contribution >= 0.6 is 0 Å². The first-order valence-corrected chi connectivity index (χ1v) is 10.6. The number of rotatable bonds is 7. The lowest BCUT2D eigenvalue weighted by Gasteiger charge is -2.22. The number of imide groups is 1. The van der Waals surface area contributed by atoms with Crippen LogP contribution in [-0.4, -0.2) is 41.7 Å². The van der Waals surface area contributed by atoms with Gasteiger partial charge in [0.25, 0.3) is 5.91 Å². The normalized spacial score (nSPS) is 17.8. The largest absolute Gasteiger partial charge is 0.366 e. The average Bonchev–Trinajstić information content (AvgIpc) is 3.02. The van der Waals surface area contributed by atoms with Gasteiger partial charge in [-0.2, -0.15) is 0 Å². The summed E-state index contributed by atoms with van der Waals surface area (Å²) in [5, 5.41) is 7.42. The first kappa shape index (κ1) is 22.0. The second-order valence-electron chi connectivity index (χ2n) is 8.17. The molecular weight excluding hydrogens is 420 g/mol. The summed E-state index contributed by atoms with van der Waals surface area (Å²) in [4.78, 5) is 50.3. The van der Waals surface area contributed by atoms with E-state index >= 15 is 0 Å². The van der Waals surface area contributed by atoms with E-state index in [4.69, 9.17) is 5.73 Å². The van der Waals surface area contributed by atoms with E-state index in [1.54, 1.807) is 25.1 Å². The van der Waals surface area contributed by atoms with Crippen molar-refractivity contribution in [2.24, 2.45) is 5.73 Å². The van der Waals surface area contributed by atoms with Crippen molar-refractivity contribution in [2.45, 2.75) is 18.9 Å². The zero-order chi connectivity index (χ0) is 23.6. The van der Waals surface area contributed by atoms with Crippen molar-refractivity contribution in [3.8, 4) is 0 Å². The summed E-state index contributed by atoms with van der Waals surface area (Å²) < 4.78 is 0. The minimum absolute atomic E-state index is 0.284. The standard InChI is InChI=1S/C25H24N4O4/c1-25(20-10-9-17-6-2-3-7-18(17)14-20)23(32)29(24(33)28-25)15-21(30)27-12-11-16-5-4-8-19(13-16)22(26)31/h2-10,13-14H,11-12,15H2,1H3,(H2,26,31)(H,27,30)(H,28,33). The van der Waals surface area contributed by atoms with Gasteiger partial charge in [-0.25, -0.2) is 4.79 Å². The molecule has 3 aromatic carbocycles. The Bertz CT molecular complexity index is 1270. The molecule has 0 spiro atoms. The van der Waals surface area contributed by atoms with Crippen molar-refractivity contribution in [2.75, 3.05) is 13.1 Å². The molecule has 168 valence electrons. The van der Waals surface area contributed by atoms with Gasteiger partial charge in [0.2, 0.25) is 11.8 Å². The maximum atomic E-state index is 13.1. The van der Waals surface area contributed by atoms with Gasteiger partial charge in [-0.05, 0) is 53.4 Å². The van der Waals surface area contributed by atoms with E-state index in [9.17, 15) is 19.2 Å². The highest BCUT2D eigenvalue weighted by atomic mass is 16.2. The molecule has 33 heavy (non-hydrogen) atoms. The number of hydrogen-bond acceptors (Lipinski definition) is 4. The molecule has 3 aromatic rings. The van der Waals surface area contributed by atoms with Crippen molar-refractivity contribution in [1.82, 2.24) is 15.5 Å². The lowest BCUT2D eigenvalue weighted by Crippen LogP contribution is -2.43. The number of nitrogens with one attached hydrogen (secondary N) is 2. The summed E-state index contributed by atoms with van der Waals surface area (Å²) in [5.74, 6) is -1.45. The molecular formula is C25H24N4O4. The highest BCUT2D eigenvalue weighted by Crippen LogP contribution is 2.30. The lowest BCUT2D eigenvalue weighted by atomic mass is 9.90. The lowest BCUT2D eigenvalue weighted by molar-refractivity contribution is -0.134. The van der Waals surface area contributed by atoms with Gasteiger partial charge in [-0.15, -0.1) is 0 Å². The minimum atomic E-state index is -1.25. The summed E-state index contributed by atoms with van der Waals surface area (Å²) in [7, 11) is 0. The fourth-order valence-electron chi connectivity index (χ4n) is 3.96. The van der Waals surface area contributed by atoms with E-state index in [0.29, 0.717) is 17.5 Å². The highest BCUT2D eigenvalue weighted by Gasteiger charge is 2.49. The van der Waals surface area contributed by atoms with Gasteiger partial charge in [0, 0.05) is 12.1 Å². The maximum absolute atomic E-state index is 13.1. The fraction of sp³-hybridized carbons (Fsp3) is 0.200. The number of nitrogens with zero attached hydrogens (tertiary/aromatic N) is 1. The van der Waals surface area contributed by atoms with Crippen LogP contribution in [0.25, 0.3) is 10.8 Å². The second kappa shape index (κ2) is 8.74. The number of fused-ring (bicyclic) bond motifs is 1. The molecule has 8 nitrogen and oxygen atoms in total. The molecule has 1 aliphatic rings. The van der Waals surface area contributed by atoms with E-state index in [0.717, 1.165) is 21.2 Å². The Hall–Kier alpha value is -4.20. The molecule has 0 aliphatic carbocycles. The third kappa shape index (κ3) is 4.41. The van der Waals surface area contributed by atoms with E-state index < -0.39 is 29.3 Å². The van der Waals surface area contributed by atoms with Crippen LogP contribution in [0.4, 0.5) is 4.79 Å². The zero-order valence-electron chi connectivity index (χ0n) is 18.1. The number of carbonyl (C=O) groups is 4. The number of nitrogens with two attached hydrogens (primary N) is 1. The van der Waals surface area contributed by atoms with Crippen molar-refractivity contribution in [3.63, 3.8) is 0 Å². The van der Waals surface area contributed by atoms with Crippen LogP contribution in [0.5, 0.6) is 0 Å². The Morgan fingerprint density at radius 1 is 1.00 bits per heavy atom. The van der Waals surface area contributed by atoms with Crippen LogP contribution < -0.4 is 16.4 Å². The molecule has 1 heterocycles. The highest BCUT2D eigenvalue weighted by molar-refractivity contribution is 6.09. The monoisotopic (exact) mass is 444 g/mol. The van der Waals surface area contributed by atoms with Crippen LogP contribution in [-0.2, 0) is 21.5 Å². The van der Waals surface area contributed by atoms with Gasteiger partial charge in [0.05, 0.1) is 0 Å². The van der Waals surface area contributed by atoms with Gasteiger partial charge in [-0.1, -0.05) is 48.5 Å². The molecule has 0 saturated carbocycles. The molecule has 0 radical (unpaired) electrons. The molecule has 0 bridgehead atoms. The van der Waals surface area contributed by atoms with Gasteiger partial charge in [0.1, 0.15) is 12.1 Å². The molecule has 1 aliphatic heterocycles. The van der Waals surface area contributed by atoms with Crippen LogP contribution in [0, 0.1) is 0 Å². The number of carbonyl (C=O) groups excluding carboxylic acids is 4. The number of hydrogen-bond donors (Lipinski definition) is 3. The second-order valence-corrected chi connectivity index (χ2v) is 8.17. The third-order valence-electron chi connectivity index (χ3n) is 5.85. The van der Waals surface area contributed by atoms with Crippen LogP contribution in [0.1, 0.15) is 28.4 Å². The smallest absolute Gasteiger partial charge is 0.325 e. The van der Waals surface area contributed by atoms with E-state index in [2.05, 4.69) is 10.6 Å². The predicted molar refractivity (Wildman–Crippen MR) is 123 cm³/mol. The quantitative estimate of drug-likeness (QED) is 0.483. The van der Waals surface area contributed by atoms with Gasteiger partial charge in [-0.3, -0.25) is 19.3 Å². The third-order valence-corrected chi connectivity index (χ3v) is 5.85. The fourth-order valence-corrected chi connectivity index (χ4v) is 3.96. The molecule has 1 unspecified atom stereocenters. The van der Waals surface area contributed by atoms with E-state index in [1.807, 2.05) is 48.5 Å². The van der Waals surface area contributed by atoms with Crippen molar-refractivity contribution in [1.29, 1.82) is 0 Å². The molecule has 4 rings (SSSR count). The Labute approximate surface area is 190 Å². The first-order chi connectivity index (χ1) is 15.8. The molecule has 1 fully saturated rings. The molecule has 4 N–H and O–H groups in total. The predicted octanol–water partition coefficient (Wildman–Crippen LogP) is 2.06. The summed E-state index contributed by atoms with van der Waals surface area (Å²) in [5.41, 5.74) is 5.91. The van der Waals surface area contributed by atoms with Gasteiger partial charge >= 0.3 is 6.03 Å². The van der Waals surface area contributed by atoms with E-state index in [-0.39, 0.29) is 13.1 Å². The topological polar surface area (TPSA) is 122 Å². The van der Waals surface area contributed by atoms with Crippen molar-refractivity contribution in [3.05, 3.63) is 83.4 Å². The summed E-state index contributed by atoms with van der Waals surface area (Å²) >= 11 is 0. The molecule has 8 heteroatoms. The number of urea groups is 1. The van der Waals surface area contributed by atoms with Gasteiger partial charge < -0.3 is 16.4 Å². The van der Waals surface area contributed by atoms with E-state index in [1.165, 1.54) is 0 Å². The Morgan fingerprint density at radius 3 is 2.52 bits per heavy atom. The summed E-state index contributed by atoms with van der Waals surface area (Å²) in [6.45, 7) is 1.54. The summed E-state index contributed by atoms with van der Waals surface area (Å²) in [6.07, 6.45) is 0.474.